The highest BCUT2D eigenvalue weighted by Gasteiger charge is 2.04. The highest BCUT2D eigenvalue weighted by atomic mass is 16.5. The summed E-state index contributed by atoms with van der Waals surface area (Å²) in [6.07, 6.45) is 3.59. The molecule has 1 aromatic heterocycles. The van der Waals surface area contributed by atoms with E-state index in [2.05, 4.69) is 16.4 Å². The summed E-state index contributed by atoms with van der Waals surface area (Å²) in [6.45, 7) is 2.82. The lowest BCUT2D eigenvalue weighted by Gasteiger charge is -2.12. The third-order valence-electron chi connectivity index (χ3n) is 3.06. The maximum absolute atomic E-state index is 5.89. The van der Waals surface area contributed by atoms with Gasteiger partial charge in [-0.05, 0) is 6.07 Å². The van der Waals surface area contributed by atoms with Crippen molar-refractivity contribution in [1.29, 1.82) is 0 Å². The van der Waals surface area contributed by atoms with Gasteiger partial charge < -0.3 is 19.4 Å². The van der Waals surface area contributed by atoms with E-state index in [9.17, 15) is 0 Å². The molecule has 2 rings (SSSR count). The smallest absolute Gasteiger partial charge is 0.130 e. The van der Waals surface area contributed by atoms with Crippen molar-refractivity contribution in [3.8, 4) is 5.75 Å². The van der Waals surface area contributed by atoms with E-state index < -0.39 is 0 Å². The Morgan fingerprint density at radius 2 is 2.15 bits per heavy atom. The van der Waals surface area contributed by atoms with Gasteiger partial charge in [0.15, 0.2) is 0 Å². The van der Waals surface area contributed by atoms with Crippen molar-refractivity contribution >= 4 is 0 Å². The predicted octanol–water partition coefficient (Wildman–Crippen LogP) is 1.74. The summed E-state index contributed by atoms with van der Waals surface area (Å²) in [5, 5.41) is 3.33. The molecule has 0 radical (unpaired) electrons. The fourth-order valence-corrected chi connectivity index (χ4v) is 1.86. The number of aryl methyl sites for hydroxylation is 1. The number of aromatic nitrogens is 2. The fraction of sp³-hybridized carbons (Fsp3) is 0.400. The van der Waals surface area contributed by atoms with Gasteiger partial charge in [0, 0.05) is 32.8 Å². The van der Waals surface area contributed by atoms with Gasteiger partial charge in [-0.1, -0.05) is 18.2 Å². The molecule has 5 nitrogen and oxygen atoms in total. The normalized spacial score (nSPS) is 10.7. The highest BCUT2D eigenvalue weighted by molar-refractivity contribution is 5.33. The fourth-order valence-electron chi connectivity index (χ4n) is 1.86. The summed E-state index contributed by atoms with van der Waals surface area (Å²) in [6, 6.07) is 8.06. The maximum Gasteiger partial charge on any atom is 0.130 e. The largest absolute Gasteiger partial charge is 0.487 e. The van der Waals surface area contributed by atoms with Crippen LogP contribution in [-0.2, 0) is 24.9 Å². The summed E-state index contributed by atoms with van der Waals surface area (Å²) in [5.74, 6) is 0.901. The van der Waals surface area contributed by atoms with E-state index in [1.165, 1.54) is 0 Å². The summed E-state index contributed by atoms with van der Waals surface area (Å²) in [7, 11) is 3.66. The first-order valence-electron chi connectivity index (χ1n) is 6.67. The second-order valence-corrected chi connectivity index (χ2v) is 4.56. The number of hydrogen-bond donors (Lipinski definition) is 1. The van der Waals surface area contributed by atoms with Gasteiger partial charge in [0.1, 0.15) is 12.4 Å². The average Bonchev–Trinajstić information content (AvgIpc) is 2.88. The van der Waals surface area contributed by atoms with Crippen molar-refractivity contribution in [3.63, 3.8) is 0 Å². The molecule has 1 aromatic carbocycles. The van der Waals surface area contributed by atoms with Gasteiger partial charge in [0.2, 0.25) is 0 Å². The van der Waals surface area contributed by atoms with Gasteiger partial charge >= 0.3 is 0 Å². The van der Waals surface area contributed by atoms with E-state index in [1.807, 2.05) is 36.0 Å². The van der Waals surface area contributed by atoms with Crippen LogP contribution in [-0.4, -0.2) is 29.8 Å². The van der Waals surface area contributed by atoms with E-state index in [1.54, 1.807) is 13.4 Å². The number of ether oxygens (including phenoxy) is 2. The van der Waals surface area contributed by atoms with E-state index in [4.69, 9.17) is 9.47 Å². The van der Waals surface area contributed by atoms with Crippen molar-refractivity contribution in [2.45, 2.75) is 13.2 Å². The maximum atomic E-state index is 5.89. The Morgan fingerprint density at radius 1 is 1.30 bits per heavy atom. The second kappa shape index (κ2) is 7.67. The average molecular weight is 275 g/mol. The predicted molar refractivity (Wildman–Crippen MR) is 77.6 cm³/mol. The van der Waals surface area contributed by atoms with Gasteiger partial charge in [0.05, 0.1) is 24.8 Å². The molecule has 0 aliphatic heterocycles. The molecule has 0 saturated heterocycles. The number of nitrogens with zero attached hydrogens (tertiary/aromatic N) is 2. The Labute approximate surface area is 119 Å². The molecule has 1 N–H and O–H groups in total. The summed E-state index contributed by atoms with van der Waals surface area (Å²) in [5.41, 5.74) is 2.19. The molecule has 0 spiro atoms. The Morgan fingerprint density at radius 3 is 2.90 bits per heavy atom. The Kier molecular flexibility index (Phi) is 5.58. The second-order valence-electron chi connectivity index (χ2n) is 4.56. The first kappa shape index (κ1) is 14.6. The molecule has 108 valence electrons. The van der Waals surface area contributed by atoms with Crippen LogP contribution in [0, 0.1) is 0 Å². The van der Waals surface area contributed by atoms with Crippen LogP contribution in [0.25, 0.3) is 0 Å². The molecule has 0 fully saturated rings. The number of nitrogens with one attached hydrogen (secondary N) is 1. The number of imidazole rings is 1. The first-order chi connectivity index (χ1) is 9.81. The number of methoxy groups -OCH3 is 1. The Bertz CT molecular complexity index is 525. The molecule has 2 aromatic rings. The summed E-state index contributed by atoms with van der Waals surface area (Å²) in [4.78, 5) is 4.08. The van der Waals surface area contributed by atoms with Crippen molar-refractivity contribution in [2.75, 3.05) is 20.3 Å². The summed E-state index contributed by atoms with van der Waals surface area (Å²) < 4.78 is 12.9. The van der Waals surface area contributed by atoms with Crippen molar-refractivity contribution < 1.29 is 9.47 Å². The quantitative estimate of drug-likeness (QED) is 0.745. The minimum absolute atomic E-state index is 0.519. The number of para-hydroxylation sites is 1. The number of hydrogen-bond acceptors (Lipinski definition) is 4. The van der Waals surface area contributed by atoms with Crippen molar-refractivity contribution in [2.24, 2.45) is 7.05 Å². The monoisotopic (exact) mass is 275 g/mol. The molecule has 0 unspecified atom stereocenters. The van der Waals surface area contributed by atoms with E-state index in [-0.39, 0.29) is 0 Å². The van der Waals surface area contributed by atoms with Crippen LogP contribution < -0.4 is 10.1 Å². The number of benzene rings is 1. The molecule has 0 aliphatic carbocycles. The zero-order valence-corrected chi connectivity index (χ0v) is 12.0. The molecule has 5 heteroatoms. The highest BCUT2D eigenvalue weighted by Crippen LogP contribution is 2.19. The standard InChI is InChI=1S/C15H21N3O2/c1-18-12-17-10-14(18)11-20-15-6-4-3-5-13(15)9-16-7-8-19-2/h3-6,10,12,16H,7-9,11H2,1-2H3. The third-order valence-corrected chi connectivity index (χ3v) is 3.06. The van der Waals surface area contributed by atoms with Crippen molar-refractivity contribution in [3.05, 3.63) is 48.0 Å². The van der Waals surface area contributed by atoms with Gasteiger partial charge in [-0.25, -0.2) is 4.98 Å². The zero-order valence-electron chi connectivity index (χ0n) is 12.0. The first-order valence-corrected chi connectivity index (χ1v) is 6.67. The van der Waals surface area contributed by atoms with Crippen molar-refractivity contribution in [1.82, 2.24) is 14.9 Å². The topological polar surface area (TPSA) is 48.3 Å². The van der Waals surface area contributed by atoms with Crippen LogP contribution >= 0.6 is 0 Å². The van der Waals surface area contributed by atoms with Crippen LogP contribution in [0.2, 0.25) is 0 Å². The number of rotatable bonds is 8. The lowest BCUT2D eigenvalue weighted by molar-refractivity contribution is 0.199. The molecule has 0 amide bonds. The SMILES string of the molecule is COCCNCc1ccccc1OCc1cncn1C. The minimum Gasteiger partial charge on any atom is -0.487 e. The molecule has 0 saturated carbocycles. The van der Waals surface area contributed by atoms with E-state index in [0.717, 1.165) is 30.1 Å². The Balaban J connectivity index is 1.92. The minimum atomic E-state index is 0.519. The molecule has 0 atom stereocenters. The molecule has 0 bridgehead atoms. The van der Waals surface area contributed by atoms with Crippen LogP contribution in [0.1, 0.15) is 11.3 Å². The Hall–Kier alpha value is -1.85. The van der Waals surface area contributed by atoms with Gasteiger partial charge in [-0.3, -0.25) is 0 Å². The van der Waals surface area contributed by atoms with Crippen LogP contribution in [0.4, 0.5) is 0 Å². The molecular formula is C15H21N3O2. The van der Waals surface area contributed by atoms with E-state index in [0.29, 0.717) is 13.2 Å². The third kappa shape index (κ3) is 4.08. The van der Waals surface area contributed by atoms with Gasteiger partial charge in [0.25, 0.3) is 0 Å². The lowest BCUT2D eigenvalue weighted by atomic mass is 10.2. The van der Waals surface area contributed by atoms with Crippen LogP contribution in [0.5, 0.6) is 5.75 Å². The van der Waals surface area contributed by atoms with Crippen LogP contribution in [0.15, 0.2) is 36.8 Å². The summed E-state index contributed by atoms with van der Waals surface area (Å²) >= 11 is 0. The molecule has 1 heterocycles. The molecule has 0 aliphatic rings. The van der Waals surface area contributed by atoms with Gasteiger partial charge in [-0.2, -0.15) is 0 Å². The lowest BCUT2D eigenvalue weighted by Crippen LogP contribution is -2.19. The molecular weight excluding hydrogens is 254 g/mol. The van der Waals surface area contributed by atoms with Crippen LogP contribution in [0.3, 0.4) is 0 Å². The van der Waals surface area contributed by atoms with Gasteiger partial charge in [-0.15, -0.1) is 0 Å². The molecule has 20 heavy (non-hydrogen) atoms. The van der Waals surface area contributed by atoms with E-state index >= 15 is 0 Å². The zero-order chi connectivity index (χ0) is 14.2.